The van der Waals surface area contributed by atoms with E-state index < -0.39 is 0 Å². The van der Waals surface area contributed by atoms with Crippen molar-refractivity contribution in [2.75, 3.05) is 0 Å². The second-order valence-electron chi connectivity index (χ2n) is 4.11. The standard InChI is InChI=1S/C11H21N3S/c1-4-7(2)5-6-9-8(3)14-10(12)11(13)15-9/h7,14H,4-6,12-13H2,1-3H3. The van der Waals surface area contributed by atoms with Crippen molar-refractivity contribution >= 4 is 11.8 Å². The molecule has 3 nitrogen and oxygen atoms in total. The first kappa shape index (κ1) is 12.3. The van der Waals surface area contributed by atoms with Crippen molar-refractivity contribution in [3.63, 3.8) is 0 Å². The molecule has 0 aromatic rings. The number of nitrogens with one attached hydrogen (secondary N) is 1. The van der Waals surface area contributed by atoms with Gasteiger partial charge in [-0.25, -0.2) is 0 Å². The van der Waals surface area contributed by atoms with Crippen molar-refractivity contribution in [2.24, 2.45) is 17.4 Å². The van der Waals surface area contributed by atoms with Crippen LogP contribution in [0.2, 0.25) is 0 Å². The van der Waals surface area contributed by atoms with E-state index in [2.05, 4.69) is 26.1 Å². The van der Waals surface area contributed by atoms with E-state index in [1.54, 1.807) is 11.8 Å². The molecule has 0 fully saturated rings. The van der Waals surface area contributed by atoms with Crippen molar-refractivity contribution in [3.05, 3.63) is 21.5 Å². The third-order valence-electron chi connectivity index (χ3n) is 2.80. The zero-order valence-electron chi connectivity index (χ0n) is 9.76. The molecule has 5 N–H and O–H groups in total. The van der Waals surface area contributed by atoms with Gasteiger partial charge in [0.1, 0.15) is 10.9 Å². The Morgan fingerprint density at radius 3 is 2.67 bits per heavy atom. The second-order valence-corrected chi connectivity index (χ2v) is 5.24. The van der Waals surface area contributed by atoms with Gasteiger partial charge in [-0.1, -0.05) is 32.0 Å². The minimum absolute atomic E-state index is 0.588. The monoisotopic (exact) mass is 227 g/mol. The lowest BCUT2D eigenvalue weighted by Gasteiger charge is -2.21. The van der Waals surface area contributed by atoms with Gasteiger partial charge in [0.05, 0.1) is 0 Å². The molecule has 0 saturated carbocycles. The van der Waals surface area contributed by atoms with Crippen LogP contribution >= 0.6 is 11.8 Å². The predicted octanol–water partition coefficient (Wildman–Crippen LogP) is 2.42. The van der Waals surface area contributed by atoms with Crippen molar-refractivity contribution < 1.29 is 0 Å². The van der Waals surface area contributed by atoms with Crippen LogP contribution in [0.1, 0.15) is 40.0 Å². The van der Waals surface area contributed by atoms with Crippen molar-refractivity contribution in [3.8, 4) is 0 Å². The quantitative estimate of drug-likeness (QED) is 0.690. The third kappa shape index (κ3) is 3.38. The van der Waals surface area contributed by atoms with Gasteiger partial charge in [0, 0.05) is 10.6 Å². The molecule has 0 bridgehead atoms. The molecule has 1 atom stereocenters. The summed E-state index contributed by atoms with van der Waals surface area (Å²) in [6.45, 7) is 6.56. The first-order valence-corrected chi connectivity index (χ1v) is 6.26. The fourth-order valence-electron chi connectivity index (χ4n) is 1.42. The Bertz CT molecular complexity index is 294. The normalized spacial score (nSPS) is 19.1. The van der Waals surface area contributed by atoms with E-state index in [1.807, 2.05) is 0 Å². The van der Waals surface area contributed by atoms with Gasteiger partial charge in [-0.05, 0) is 25.7 Å². The van der Waals surface area contributed by atoms with Crippen LogP contribution in [-0.2, 0) is 0 Å². The summed E-state index contributed by atoms with van der Waals surface area (Å²) >= 11 is 1.60. The highest BCUT2D eigenvalue weighted by molar-refractivity contribution is 8.06. The van der Waals surface area contributed by atoms with E-state index >= 15 is 0 Å². The molecule has 0 aliphatic carbocycles. The molecule has 0 amide bonds. The molecule has 0 spiro atoms. The van der Waals surface area contributed by atoms with Crippen LogP contribution in [0.25, 0.3) is 0 Å². The summed E-state index contributed by atoms with van der Waals surface area (Å²) in [5.41, 5.74) is 12.6. The van der Waals surface area contributed by atoms with Crippen LogP contribution in [0.15, 0.2) is 21.5 Å². The average Bonchev–Trinajstić information content (AvgIpc) is 2.21. The molecule has 0 aromatic heterocycles. The number of hydrogen-bond acceptors (Lipinski definition) is 4. The zero-order valence-corrected chi connectivity index (χ0v) is 10.6. The fraction of sp³-hybridized carbons (Fsp3) is 0.636. The Hall–Kier alpha value is -0.770. The van der Waals surface area contributed by atoms with Gasteiger partial charge in [0.15, 0.2) is 0 Å². The Morgan fingerprint density at radius 2 is 2.07 bits per heavy atom. The molecule has 1 rings (SSSR count). The lowest BCUT2D eigenvalue weighted by Crippen LogP contribution is -2.26. The van der Waals surface area contributed by atoms with E-state index in [0.717, 1.165) is 18.0 Å². The van der Waals surface area contributed by atoms with Gasteiger partial charge in [-0.15, -0.1) is 0 Å². The molecule has 86 valence electrons. The summed E-state index contributed by atoms with van der Waals surface area (Å²) in [7, 11) is 0. The number of hydrogen-bond donors (Lipinski definition) is 3. The third-order valence-corrected chi connectivity index (χ3v) is 4.00. The smallest absolute Gasteiger partial charge is 0.131 e. The first-order valence-electron chi connectivity index (χ1n) is 5.44. The Balaban J connectivity index is 2.52. The van der Waals surface area contributed by atoms with Gasteiger partial charge in [0.2, 0.25) is 0 Å². The van der Waals surface area contributed by atoms with Crippen LogP contribution in [0.5, 0.6) is 0 Å². The molecule has 0 aromatic carbocycles. The minimum atomic E-state index is 0.588. The van der Waals surface area contributed by atoms with E-state index in [-0.39, 0.29) is 0 Å². The van der Waals surface area contributed by atoms with Crippen LogP contribution in [0, 0.1) is 5.92 Å². The van der Waals surface area contributed by atoms with E-state index in [9.17, 15) is 0 Å². The molecule has 1 heterocycles. The van der Waals surface area contributed by atoms with Crippen molar-refractivity contribution in [1.29, 1.82) is 0 Å². The van der Waals surface area contributed by atoms with Gasteiger partial charge < -0.3 is 16.8 Å². The van der Waals surface area contributed by atoms with E-state index in [1.165, 1.54) is 17.7 Å². The van der Waals surface area contributed by atoms with Gasteiger partial charge in [-0.3, -0.25) is 0 Å². The van der Waals surface area contributed by atoms with E-state index in [0.29, 0.717) is 10.9 Å². The summed E-state index contributed by atoms with van der Waals surface area (Å²) < 4.78 is 0. The van der Waals surface area contributed by atoms with Crippen LogP contribution in [0.3, 0.4) is 0 Å². The SMILES string of the molecule is CCC(C)CCC1=C(C)NC(N)=C(N)S1. The molecule has 1 aliphatic heterocycles. The molecule has 1 aliphatic rings. The summed E-state index contributed by atoms with van der Waals surface area (Å²) in [6.07, 6.45) is 3.54. The highest BCUT2D eigenvalue weighted by Crippen LogP contribution is 2.33. The summed E-state index contributed by atoms with van der Waals surface area (Å²) in [5, 5.41) is 3.81. The van der Waals surface area contributed by atoms with Gasteiger partial charge >= 0.3 is 0 Å². The maximum atomic E-state index is 5.79. The molecule has 4 heteroatoms. The number of nitrogens with two attached hydrogens (primary N) is 2. The Kier molecular flexibility index (Phi) is 4.39. The second kappa shape index (κ2) is 5.35. The average molecular weight is 227 g/mol. The summed E-state index contributed by atoms with van der Waals surface area (Å²) in [4.78, 5) is 1.32. The first-order chi connectivity index (χ1) is 7.04. The fourth-order valence-corrected chi connectivity index (χ4v) is 2.27. The number of allylic oxidation sites excluding steroid dienone is 2. The maximum absolute atomic E-state index is 5.79. The van der Waals surface area contributed by atoms with Gasteiger partial charge in [-0.2, -0.15) is 0 Å². The maximum Gasteiger partial charge on any atom is 0.131 e. The predicted molar refractivity (Wildman–Crippen MR) is 67.5 cm³/mol. The highest BCUT2D eigenvalue weighted by Gasteiger charge is 2.15. The minimum Gasteiger partial charge on any atom is -0.390 e. The Labute approximate surface area is 96.4 Å². The number of thioether (sulfide) groups is 1. The Morgan fingerprint density at radius 1 is 1.40 bits per heavy atom. The van der Waals surface area contributed by atoms with Crippen molar-refractivity contribution in [2.45, 2.75) is 40.0 Å². The molecule has 15 heavy (non-hydrogen) atoms. The summed E-state index contributed by atoms with van der Waals surface area (Å²) in [5.74, 6) is 1.36. The van der Waals surface area contributed by atoms with Gasteiger partial charge in [0.25, 0.3) is 0 Å². The van der Waals surface area contributed by atoms with Crippen LogP contribution in [0.4, 0.5) is 0 Å². The van der Waals surface area contributed by atoms with Crippen molar-refractivity contribution in [1.82, 2.24) is 5.32 Å². The lowest BCUT2D eigenvalue weighted by atomic mass is 10.0. The molecular weight excluding hydrogens is 206 g/mol. The molecule has 1 unspecified atom stereocenters. The summed E-state index contributed by atoms with van der Waals surface area (Å²) in [6, 6.07) is 0. The molecule has 0 radical (unpaired) electrons. The highest BCUT2D eigenvalue weighted by atomic mass is 32.2. The lowest BCUT2D eigenvalue weighted by molar-refractivity contribution is 0.518. The molecular formula is C11H21N3S. The number of rotatable bonds is 4. The van der Waals surface area contributed by atoms with E-state index in [4.69, 9.17) is 11.5 Å². The zero-order chi connectivity index (χ0) is 11.4. The topological polar surface area (TPSA) is 64.1 Å². The van der Waals surface area contributed by atoms with Crippen LogP contribution in [-0.4, -0.2) is 0 Å². The largest absolute Gasteiger partial charge is 0.390 e. The molecule has 0 saturated heterocycles. The van der Waals surface area contributed by atoms with Crippen LogP contribution < -0.4 is 16.8 Å².